The molecule has 1 aliphatic heterocycles. The quantitative estimate of drug-likeness (QED) is 0.714. The highest BCUT2D eigenvalue weighted by Crippen LogP contribution is 2.23. The summed E-state index contributed by atoms with van der Waals surface area (Å²) >= 11 is 0. The fourth-order valence-corrected chi connectivity index (χ4v) is 4.95. The van der Waals surface area contributed by atoms with Gasteiger partial charge in [0.25, 0.3) is 11.8 Å². The highest BCUT2D eigenvalue weighted by Gasteiger charge is 2.28. The molecular weight excluding hydrogens is 364 g/mol. The Balaban J connectivity index is 1.43. The Hall–Kier alpha value is -2.11. The Labute approximate surface area is 173 Å². The van der Waals surface area contributed by atoms with Gasteiger partial charge < -0.3 is 15.2 Å². The fraction of sp³-hybridized carbons (Fsp3) is 0.696. The van der Waals surface area contributed by atoms with Crippen molar-refractivity contribution in [1.82, 2.24) is 20.2 Å². The van der Waals surface area contributed by atoms with Crippen molar-refractivity contribution in [2.45, 2.75) is 96.1 Å². The normalized spacial score (nSPS) is 19.9. The first-order chi connectivity index (χ1) is 14.2. The van der Waals surface area contributed by atoms with Crippen molar-refractivity contribution in [2.24, 2.45) is 0 Å². The van der Waals surface area contributed by atoms with E-state index in [4.69, 9.17) is 0 Å². The minimum Gasteiger partial charge on any atom is -0.349 e. The van der Waals surface area contributed by atoms with Crippen LogP contribution < -0.4 is 10.6 Å². The van der Waals surface area contributed by atoms with Crippen LogP contribution >= 0.6 is 0 Å². The molecule has 0 saturated heterocycles. The van der Waals surface area contributed by atoms with Gasteiger partial charge in [0.15, 0.2) is 5.82 Å². The standard InChI is InChI=1S/C23H34N4O2/c28-22(25-18-11-5-2-6-12-18)20-19-13-7-8-16-27(19)21(26-20)23(29)24-15-14-17-9-3-1-4-10-17/h9,18H,1-8,10-16H2,(H,24,29)(H,25,28). The number of carbonyl (C=O) groups excluding carboxylic acids is 2. The molecule has 1 aromatic heterocycles. The second-order valence-corrected chi connectivity index (χ2v) is 8.76. The molecule has 1 saturated carbocycles. The number of hydrogen-bond donors (Lipinski definition) is 2. The highest BCUT2D eigenvalue weighted by molar-refractivity contribution is 5.97. The molecule has 29 heavy (non-hydrogen) atoms. The lowest BCUT2D eigenvalue weighted by molar-refractivity contribution is 0.0921. The van der Waals surface area contributed by atoms with Gasteiger partial charge in [-0.2, -0.15) is 0 Å². The van der Waals surface area contributed by atoms with E-state index < -0.39 is 0 Å². The van der Waals surface area contributed by atoms with Crippen molar-refractivity contribution in [1.29, 1.82) is 0 Å². The zero-order valence-electron chi connectivity index (χ0n) is 17.5. The van der Waals surface area contributed by atoms with E-state index in [9.17, 15) is 9.59 Å². The summed E-state index contributed by atoms with van der Waals surface area (Å²) < 4.78 is 1.98. The van der Waals surface area contributed by atoms with E-state index in [1.807, 2.05) is 4.57 Å². The van der Waals surface area contributed by atoms with Gasteiger partial charge in [-0.1, -0.05) is 30.9 Å². The molecule has 0 bridgehead atoms. The smallest absolute Gasteiger partial charge is 0.287 e. The molecule has 3 aliphatic rings. The minimum atomic E-state index is -0.152. The van der Waals surface area contributed by atoms with Crippen LogP contribution in [0.5, 0.6) is 0 Å². The lowest BCUT2D eigenvalue weighted by Gasteiger charge is -2.23. The number of rotatable bonds is 6. The van der Waals surface area contributed by atoms with Gasteiger partial charge in [0.1, 0.15) is 5.69 Å². The maximum atomic E-state index is 12.9. The molecule has 6 nitrogen and oxygen atoms in total. The van der Waals surface area contributed by atoms with E-state index >= 15 is 0 Å². The maximum absolute atomic E-state index is 12.9. The molecular formula is C23H34N4O2. The van der Waals surface area contributed by atoms with Crippen LogP contribution in [0.25, 0.3) is 0 Å². The number of carbonyl (C=O) groups is 2. The second kappa shape index (κ2) is 9.59. The Bertz CT molecular complexity index is 774. The van der Waals surface area contributed by atoms with Crippen molar-refractivity contribution in [3.63, 3.8) is 0 Å². The number of hydrogen-bond acceptors (Lipinski definition) is 3. The van der Waals surface area contributed by atoms with Crippen LogP contribution in [0.1, 0.15) is 104 Å². The summed E-state index contributed by atoms with van der Waals surface area (Å²) in [7, 11) is 0. The van der Waals surface area contributed by atoms with E-state index in [1.165, 1.54) is 37.7 Å². The third-order valence-electron chi connectivity index (χ3n) is 6.59. The molecule has 2 N–H and O–H groups in total. The number of allylic oxidation sites excluding steroid dienone is 1. The Morgan fingerprint density at radius 3 is 2.62 bits per heavy atom. The van der Waals surface area contributed by atoms with Crippen LogP contribution in [-0.4, -0.2) is 34.0 Å². The molecule has 1 fully saturated rings. The third-order valence-corrected chi connectivity index (χ3v) is 6.59. The molecule has 158 valence electrons. The third kappa shape index (κ3) is 4.90. The SMILES string of the molecule is O=C(NC1CCCCC1)c1nc(C(=O)NCCC2=CCCCC2)n2c1CCCC2. The molecule has 6 heteroatoms. The van der Waals surface area contributed by atoms with Crippen molar-refractivity contribution < 1.29 is 9.59 Å². The van der Waals surface area contributed by atoms with Gasteiger partial charge in [0, 0.05) is 19.1 Å². The summed E-state index contributed by atoms with van der Waals surface area (Å²) in [5.74, 6) is 0.154. The zero-order valence-corrected chi connectivity index (χ0v) is 17.5. The maximum Gasteiger partial charge on any atom is 0.287 e. The first-order valence-electron chi connectivity index (χ1n) is 11.6. The molecule has 4 rings (SSSR count). The van der Waals surface area contributed by atoms with Crippen molar-refractivity contribution in [3.8, 4) is 0 Å². The molecule has 0 radical (unpaired) electrons. The van der Waals surface area contributed by atoms with E-state index in [0.29, 0.717) is 18.1 Å². The molecule has 2 aliphatic carbocycles. The van der Waals surface area contributed by atoms with E-state index in [2.05, 4.69) is 21.7 Å². The number of nitrogens with one attached hydrogen (secondary N) is 2. The van der Waals surface area contributed by atoms with Crippen LogP contribution in [0.15, 0.2) is 11.6 Å². The van der Waals surface area contributed by atoms with Crippen LogP contribution in [0.4, 0.5) is 0 Å². The molecule has 2 amide bonds. The molecule has 0 spiro atoms. The molecule has 2 heterocycles. The van der Waals surface area contributed by atoms with Gasteiger partial charge in [-0.3, -0.25) is 9.59 Å². The number of amides is 2. The van der Waals surface area contributed by atoms with Crippen LogP contribution in [0.2, 0.25) is 0 Å². The summed E-state index contributed by atoms with van der Waals surface area (Å²) in [5, 5.41) is 6.20. The Kier molecular flexibility index (Phi) is 6.67. The lowest BCUT2D eigenvalue weighted by Crippen LogP contribution is -2.37. The van der Waals surface area contributed by atoms with Crippen molar-refractivity contribution in [3.05, 3.63) is 28.9 Å². The molecule has 0 aromatic carbocycles. The zero-order chi connectivity index (χ0) is 20.1. The van der Waals surface area contributed by atoms with E-state index in [0.717, 1.165) is 63.6 Å². The Morgan fingerprint density at radius 2 is 1.83 bits per heavy atom. The predicted molar refractivity (Wildman–Crippen MR) is 113 cm³/mol. The summed E-state index contributed by atoms with van der Waals surface area (Å²) in [5.41, 5.74) is 2.86. The van der Waals surface area contributed by atoms with Crippen molar-refractivity contribution in [2.75, 3.05) is 6.54 Å². The van der Waals surface area contributed by atoms with Gasteiger partial charge in [-0.25, -0.2) is 4.98 Å². The van der Waals surface area contributed by atoms with Crippen LogP contribution in [0.3, 0.4) is 0 Å². The first-order valence-corrected chi connectivity index (χ1v) is 11.6. The summed E-state index contributed by atoms with van der Waals surface area (Å²) in [6.07, 6.45) is 16.7. The summed E-state index contributed by atoms with van der Waals surface area (Å²) in [4.78, 5) is 30.3. The highest BCUT2D eigenvalue weighted by atomic mass is 16.2. The average Bonchev–Trinajstić information content (AvgIpc) is 3.15. The Morgan fingerprint density at radius 1 is 1.00 bits per heavy atom. The lowest BCUT2D eigenvalue weighted by atomic mass is 9.95. The van der Waals surface area contributed by atoms with E-state index in [-0.39, 0.29) is 17.9 Å². The summed E-state index contributed by atoms with van der Waals surface area (Å²) in [6.45, 7) is 1.41. The van der Waals surface area contributed by atoms with Gasteiger partial charge in [-0.05, 0) is 64.2 Å². The molecule has 1 aromatic rings. The fourth-order valence-electron chi connectivity index (χ4n) is 4.95. The number of aromatic nitrogens is 2. The molecule has 0 unspecified atom stereocenters. The molecule has 0 atom stereocenters. The summed E-state index contributed by atoms with van der Waals surface area (Å²) in [6, 6.07) is 0.248. The topological polar surface area (TPSA) is 76.0 Å². The second-order valence-electron chi connectivity index (χ2n) is 8.76. The van der Waals surface area contributed by atoms with Gasteiger partial charge >= 0.3 is 0 Å². The van der Waals surface area contributed by atoms with Gasteiger partial charge in [0.05, 0.1) is 5.69 Å². The number of nitrogens with zero attached hydrogens (tertiary/aromatic N) is 2. The van der Waals surface area contributed by atoms with Crippen LogP contribution in [0, 0.1) is 0 Å². The minimum absolute atomic E-state index is 0.103. The van der Waals surface area contributed by atoms with Gasteiger partial charge in [-0.15, -0.1) is 0 Å². The van der Waals surface area contributed by atoms with Crippen LogP contribution in [-0.2, 0) is 13.0 Å². The predicted octanol–water partition coefficient (Wildman–Crippen LogP) is 3.90. The monoisotopic (exact) mass is 398 g/mol. The van der Waals surface area contributed by atoms with Crippen molar-refractivity contribution >= 4 is 11.8 Å². The number of imidazole rings is 1. The largest absolute Gasteiger partial charge is 0.349 e. The van der Waals surface area contributed by atoms with E-state index in [1.54, 1.807) is 0 Å². The number of fused-ring (bicyclic) bond motifs is 1. The van der Waals surface area contributed by atoms with Gasteiger partial charge in [0.2, 0.25) is 0 Å². The average molecular weight is 399 g/mol. The first kappa shape index (κ1) is 20.2.